The van der Waals surface area contributed by atoms with Crippen molar-refractivity contribution in [1.82, 2.24) is 9.55 Å². The van der Waals surface area contributed by atoms with E-state index in [2.05, 4.69) is 4.98 Å². The molecular weight excluding hydrogens is 299 g/mol. The Morgan fingerprint density at radius 1 is 1.18 bits per heavy atom. The lowest BCUT2D eigenvalue weighted by atomic mass is 10.3. The summed E-state index contributed by atoms with van der Waals surface area (Å²) in [5.74, 6) is -1.07. The Hall–Kier alpha value is -0.650. The first-order valence-corrected chi connectivity index (χ1v) is 5.44. The van der Waals surface area contributed by atoms with Crippen molar-refractivity contribution < 1.29 is 13.2 Å². The highest BCUT2D eigenvalue weighted by atomic mass is 35.5. The van der Waals surface area contributed by atoms with E-state index < -0.39 is 12.0 Å². The minimum absolute atomic E-state index is 0.0443. The van der Waals surface area contributed by atoms with Gasteiger partial charge in [0.05, 0.1) is 20.6 Å². The summed E-state index contributed by atoms with van der Waals surface area (Å²) in [5.41, 5.74) is 0.0485. The molecule has 0 radical (unpaired) electrons. The number of aromatic nitrogens is 2. The Morgan fingerprint density at radius 3 is 2.29 bits per heavy atom. The molecule has 0 saturated heterocycles. The fourth-order valence-corrected chi connectivity index (χ4v) is 2.30. The third-order valence-electron chi connectivity index (χ3n) is 2.25. The first-order chi connectivity index (χ1) is 7.73. The third-order valence-corrected chi connectivity index (χ3v) is 3.31. The molecule has 17 heavy (non-hydrogen) atoms. The van der Waals surface area contributed by atoms with Gasteiger partial charge in [-0.2, -0.15) is 13.2 Å². The maximum absolute atomic E-state index is 12.6. The number of imidazole rings is 1. The van der Waals surface area contributed by atoms with Gasteiger partial charge in [0.2, 0.25) is 5.82 Å². The zero-order valence-corrected chi connectivity index (χ0v) is 10.5. The van der Waals surface area contributed by atoms with Crippen molar-refractivity contribution in [3.05, 3.63) is 27.0 Å². The van der Waals surface area contributed by atoms with Crippen LogP contribution in [0.5, 0.6) is 0 Å². The van der Waals surface area contributed by atoms with Gasteiger partial charge in [-0.15, -0.1) is 0 Å². The molecule has 0 fully saturated rings. The van der Waals surface area contributed by atoms with Crippen LogP contribution in [0, 0.1) is 0 Å². The molecule has 2 rings (SSSR count). The van der Waals surface area contributed by atoms with Crippen molar-refractivity contribution in [3.63, 3.8) is 0 Å². The maximum Gasteiger partial charge on any atom is 0.449 e. The number of fused-ring (bicyclic) bond motifs is 1. The number of hydrogen-bond donors (Lipinski definition) is 0. The summed E-state index contributed by atoms with van der Waals surface area (Å²) in [7, 11) is 1.22. The van der Waals surface area contributed by atoms with E-state index in [4.69, 9.17) is 34.8 Å². The van der Waals surface area contributed by atoms with Gasteiger partial charge in [-0.1, -0.05) is 34.8 Å². The monoisotopic (exact) mass is 302 g/mol. The number of alkyl halides is 3. The van der Waals surface area contributed by atoms with E-state index in [0.29, 0.717) is 0 Å². The van der Waals surface area contributed by atoms with Crippen LogP contribution in [0.15, 0.2) is 6.07 Å². The third kappa shape index (κ3) is 1.96. The van der Waals surface area contributed by atoms with Crippen LogP contribution in [0.25, 0.3) is 11.0 Å². The molecule has 1 heterocycles. The predicted molar refractivity (Wildman–Crippen MR) is 60.7 cm³/mol. The van der Waals surface area contributed by atoms with Crippen molar-refractivity contribution in [3.8, 4) is 0 Å². The molecule has 0 aliphatic rings. The quantitative estimate of drug-likeness (QED) is 0.653. The summed E-state index contributed by atoms with van der Waals surface area (Å²) < 4.78 is 38.8. The summed E-state index contributed by atoms with van der Waals surface area (Å²) in [6.07, 6.45) is -4.58. The van der Waals surface area contributed by atoms with Gasteiger partial charge in [-0.05, 0) is 6.07 Å². The van der Waals surface area contributed by atoms with Crippen molar-refractivity contribution in [1.29, 1.82) is 0 Å². The van der Waals surface area contributed by atoms with Gasteiger partial charge in [0.15, 0.2) is 0 Å². The lowest BCUT2D eigenvalue weighted by molar-refractivity contribution is -0.146. The van der Waals surface area contributed by atoms with Crippen LogP contribution in [0.3, 0.4) is 0 Å². The Labute approximate surface area is 109 Å². The molecule has 2 aromatic rings. The number of hydrogen-bond acceptors (Lipinski definition) is 1. The van der Waals surface area contributed by atoms with E-state index >= 15 is 0 Å². The summed E-state index contributed by atoms with van der Waals surface area (Å²) in [4.78, 5) is 3.44. The van der Waals surface area contributed by atoms with Crippen LogP contribution in [-0.2, 0) is 13.2 Å². The number of nitrogens with zero attached hydrogens (tertiary/aromatic N) is 2. The minimum Gasteiger partial charge on any atom is -0.322 e. The Kier molecular flexibility index (Phi) is 2.96. The zero-order valence-electron chi connectivity index (χ0n) is 8.24. The second-order valence-corrected chi connectivity index (χ2v) is 4.54. The van der Waals surface area contributed by atoms with Gasteiger partial charge in [-0.25, -0.2) is 4.98 Å². The smallest absolute Gasteiger partial charge is 0.322 e. The molecule has 0 amide bonds. The fraction of sp³-hybridized carbons (Fsp3) is 0.222. The molecule has 2 nitrogen and oxygen atoms in total. The number of aryl methyl sites for hydroxylation is 1. The highest BCUT2D eigenvalue weighted by Crippen LogP contribution is 2.39. The highest BCUT2D eigenvalue weighted by molar-refractivity contribution is 6.47. The van der Waals surface area contributed by atoms with Crippen LogP contribution < -0.4 is 0 Å². The topological polar surface area (TPSA) is 17.8 Å². The van der Waals surface area contributed by atoms with E-state index in [1.165, 1.54) is 13.1 Å². The van der Waals surface area contributed by atoms with E-state index in [1.54, 1.807) is 0 Å². The van der Waals surface area contributed by atoms with Gasteiger partial charge >= 0.3 is 6.18 Å². The summed E-state index contributed by atoms with van der Waals surface area (Å²) >= 11 is 17.4. The highest BCUT2D eigenvalue weighted by Gasteiger charge is 2.37. The molecule has 0 spiro atoms. The number of benzene rings is 1. The predicted octanol–water partition coefficient (Wildman–Crippen LogP) is 4.55. The lowest BCUT2D eigenvalue weighted by Gasteiger charge is -2.06. The molecule has 0 saturated carbocycles. The van der Waals surface area contributed by atoms with Crippen molar-refractivity contribution in [2.75, 3.05) is 0 Å². The SMILES string of the molecule is Cn1c(C(F)(F)F)nc2c(Cl)c(Cl)cc(Cl)c21. The van der Waals surface area contributed by atoms with Crippen LogP contribution in [0.1, 0.15) is 5.82 Å². The fourth-order valence-electron chi connectivity index (χ4n) is 1.53. The van der Waals surface area contributed by atoms with Crippen LogP contribution in [0.4, 0.5) is 13.2 Å². The van der Waals surface area contributed by atoms with Gasteiger partial charge in [0.25, 0.3) is 0 Å². The van der Waals surface area contributed by atoms with Gasteiger partial charge in [0, 0.05) is 7.05 Å². The molecule has 0 aliphatic heterocycles. The second kappa shape index (κ2) is 3.93. The molecule has 92 valence electrons. The van der Waals surface area contributed by atoms with Crippen molar-refractivity contribution in [2.45, 2.75) is 6.18 Å². The molecular formula is C9H4Cl3F3N2. The molecule has 8 heteroatoms. The summed E-state index contributed by atoms with van der Waals surface area (Å²) in [5, 5.41) is 0.0908. The number of rotatable bonds is 0. The molecule has 0 bridgehead atoms. The van der Waals surface area contributed by atoms with E-state index in [1.807, 2.05) is 0 Å². The van der Waals surface area contributed by atoms with E-state index in [-0.39, 0.29) is 26.1 Å². The summed E-state index contributed by atoms with van der Waals surface area (Å²) in [6.45, 7) is 0. The molecule has 0 atom stereocenters. The van der Waals surface area contributed by atoms with Gasteiger partial charge in [-0.3, -0.25) is 0 Å². The average molecular weight is 303 g/mol. The maximum atomic E-state index is 12.6. The second-order valence-electron chi connectivity index (χ2n) is 3.34. The minimum atomic E-state index is -4.58. The Bertz CT molecular complexity index is 604. The van der Waals surface area contributed by atoms with Gasteiger partial charge < -0.3 is 4.57 Å². The average Bonchev–Trinajstić information content (AvgIpc) is 2.52. The van der Waals surface area contributed by atoms with Crippen LogP contribution in [0.2, 0.25) is 15.1 Å². The largest absolute Gasteiger partial charge is 0.449 e. The van der Waals surface area contributed by atoms with Crippen LogP contribution >= 0.6 is 34.8 Å². The zero-order chi connectivity index (χ0) is 13.0. The number of halogens is 6. The normalized spacial score (nSPS) is 12.4. The van der Waals surface area contributed by atoms with Crippen LogP contribution in [-0.4, -0.2) is 9.55 Å². The molecule has 1 aromatic carbocycles. The Morgan fingerprint density at radius 2 is 1.76 bits per heavy atom. The molecule has 0 aliphatic carbocycles. The standard InChI is InChI=1S/C9H4Cl3F3N2/c1-17-7-4(11)2-3(10)5(12)6(7)16-8(17)9(13,14)15/h2H,1H3. The van der Waals surface area contributed by atoms with E-state index in [9.17, 15) is 13.2 Å². The molecule has 0 N–H and O–H groups in total. The first-order valence-electron chi connectivity index (χ1n) is 4.30. The van der Waals surface area contributed by atoms with E-state index in [0.717, 1.165) is 4.57 Å². The molecule has 0 unspecified atom stereocenters. The lowest BCUT2D eigenvalue weighted by Crippen LogP contribution is -2.12. The van der Waals surface area contributed by atoms with Crippen molar-refractivity contribution in [2.24, 2.45) is 7.05 Å². The first kappa shape index (κ1) is 12.8. The molecule has 1 aromatic heterocycles. The summed E-state index contributed by atoms with van der Waals surface area (Å²) in [6, 6.07) is 1.29. The van der Waals surface area contributed by atoms with Crippen molar-refractivity contribution >= 4 is 45.8 Å². The van der Waals surface area contributed by atoms with Gasteiger partial charge in [0.1, 0.15) is 5.52 Å². The Balaban J connectivity index is 2.92.